The second-order valence-electron chi connectivity index (χ2n) is 3.94. The van der Waals surface area contributed by atoms with Gasteiger partial charge in [-0.15, -0.1) is 0 Å². The topological polar surface area (TPSA) is 52.7 Å². The molecule has 0 aliphatic carbocycles. The molecule has 5 nitrogen and oxygen atoms in total. The molecule has 15 heavy (non-hydrogen) atoms. The maximum absolute atomic E-state index is 11.7. The lowest BCUT2D eigenvalue weighted by Gasteiger charge is -2.22. The van der Waals surface area contributed by atoms with E-state index in [9.17, 15) is 9.59 Å². The maximum Gasteiger partial charge on any atom is 0.241 e. The summed E-state index contributed by atoms with van der Waals surface area (Å²) in [5.41, 5.74) is 0. The minimum Gasteiger partial charge on any atom is -0.347 e. The van der Waals surface area contributed by atoms with Crippen molar-refractivity contribution in [2.75, 3.05) is 41.3 Å². The van der Waals surface area contributed by atoms with E-state index in [0.717, 1.165) is 0 Å². The van der Waals surface area contributed by atoms with Crippen LogP contribution in [0.5, 0.6) is 0 Å². The minimum absolute atomic E-state index is 0.0143. The van der Waals surface area contributed by atoms with Crippen LogP contribution in [0.2, 0.25) is 0 Å². The number of hydrogen-bond acceptors (Lipinski definition) is 3. The van der Waals surface area contributed by atoms with E-state index in [4.69, 9.17) is 0 Å². The van der Waals surface area contributed by atoms with E-state index in [1.165, 1.54) is 9.80 Å². The van der Waals surface area contributed by atoms with Crippen LogP contribution < -0.4 is 5.32 Å². The summed E-state index contributed by atoms with van der Waals surface area (Å²) in [7, 11) is 6.81. The van der Waals surface area contributed by atoms with Crippen molar-refractivity contribution in [1.82, 2.24) is 15.1 Å². The van der Waals surface area contributed by atoms with Crippen LogP contribution in [0.1, 0.15) is 6.92 Å². The van der Waals surface area contributed by atoms with Crippen molar-refractivity contribution in [3.63, 3.8) is 0 Å². The van der Waals surface area contributed by atoms with Crippen molar-refractivity contribution >= 4 is 11.8 Å². The third-order valence-corrected chi connectivity index (χ3v) is 2.18. The normalized spacial score (nSPS) is 12.1. The molecule has 0 aromatic carbocycles. The summed E-state index contributed by atoms with van der Waals surface area (Å²) in [6, 6.07) is 0. The molecule has 0 aliphatic heterocycles. The molecule has 0 aromatic rings. The second kappa shape index (κ2) is 6.40. The van der Waals surface area contributed by atoms with E-state index in [-0.39, 0.29) is 24.3 Å². The Hall–Kier alpha value is -1.10. The van der Waals surface area contributed by atoms with Gasteiger partial charge in [-0.3, -0.25) is 9.59 Å². The van der Waals surface area contributed by atoms with Crippen LogP contribution in [0.4, 0.5) is 0 Å². The van der Waals surface area contributed by atoms with Gasteiger partial charge in [0.15, 0.2) is 0 Å². The van der Waals surface area contributed by atoms with Gasteiger partial charge < -0.3 is 15.1 Å². The van der Waals surface area contributed by atoms with Crippen molar-refractivity contribution in [1.29, 1.82) is 0 Å². The first kappa shape index (κ1) is 13.9. The highest BCUT2D eigenvalue weighted by molar-refractivity contribution is 5.85. The third kappa shape index (κ3) is 4.78. The second-order valence-corrected chi connectivity index (χ2v) is 3.94. The highest BCUT2D eigenvalue weighted by Gasteiger charge is 2.19. The predicted molar refractivity (Wildman–Crippen MR) is 59.4 cm³/mol. The molecule has 1 atom stereocenters. The predicted octanol–water partition coefficient (Wildman–Crippen LogP) is -0.611. The molecular formula is C10H21N3O2. The van der Waals surface area contributed by atoms with E-state index in [1.807, 2.05) is 6.92 Å². The van der Waals surface area contributed by atoms with Crippen LogP contribution in [0, 0.1) is 5.92 Å². The summed E-state index contributed by atoms with van der Waals surface area (Å²) in [5, 5.41) is 2.94. The van der Waals surface area contributed by atoms with E-state index in [1.54, 1.807) is 28.2 Å². The van der Waals surface area contributed by atoms with Crippen molar-refractivity contribution in [2.24, 2.45) is 5.92 Å². The molecule has 1 unspecified atom stereocenters. The van der Waals surface area contributed by atoms with Gasteiger partial charge >= 0.3 is 0 Å². The Morgan fingerprint density at radius 1 is 1.27 bits per heavy atom. The summed E-state index contributed by atoms with van der Waals surface area (Å²) in [5.74, 6) is -0.183. The van der Waals surface area contributed by atoms with Gasteiger partial charge in [0.2, 0.25) is 11.8 Å². The largest absolute Gasteiger partial charge is 0.347 e. The Morgan fingerprint density at radius 2 is 1.80 bits per heavy atom. The first-order valence-electron chi connectivity index (χ1n) is 4.99. The number of nitrogens with zero attached hydrogens (tertiary/aromatic N) is 2. The van der Waals surface area contributed by atoms with E-state index >= 15 is 0 Å². The lowest BCUT2D eigenvalue weighted by molar-refractivity contribution is -0.140. The summed E-state index contributed by atoms with van der Waals surface area (Å²) in [4.78, 5) is 26.0. The summed E-state index contributed by atoms with van der Waals surface area (Å²) in [6.45, 7) is 2.61. The zero-order valence-electron chi connectivity index (χ0n) is 10.2. The standard InChI is InChI=1S/C10H21N3O2/c1-8(6-11-2)10(15)13(5)7-9(14)12(3)4/h8,11H,6-7H2,1-5H3. The average molecular weight is 215 g/mol. The number of likely N-dealkylation sites (N-methyl/N-ethyl adjacent to an activating group) is 2. The fourth-order valence-corrected chi connectivity index (χ4v) is 1.19. The fourth-order valence-electron chi connectivity index (χ4n) is 1.19. The Bertz CT molecular complexity index is 229. The Balaban J connectivity index is 4.15. The average Bonchev–Trinajstić information content (AvgIpc) is 2.16. The summed E-state index contributed by atoms with van der Waals surface area (Å²) >= 11 is 0. The molecule has 0 heterocycles. The van der Waals surface area contributed by atoms with Gasteiger partial charge in [-0.1, -0.05) is 6.92 Å². The van der Waals surface area contributed by atoms with Gasteiger partial charge in [-0.2, -0.15) is 0 Å². The van der Waals surface area contributed by atoms with Crippen LogP contribution in [-0.4, -0.2) is 62.9 Å². The minimum atomic E-state index is -0.102. The quantitative estimate of drug-likeness (QED) is 0.665. The van der Waals surface area contributed by atoms with Crippen LogP contribution in [0.3, 0.4) is 0 Å². The molecule has 2 amide bonds. The van der Waals surface area contributed by atoms with Gasteiger partial charge in [-0.25, -0.2) is 0 Å². The van der Waals surface area contributed by atoms with Gasteiger partial charge in [0.05, 0.1) is 6.54 Å². The molecule has 0 bridgehead atoms. The lowest BCUT2D eigenvalue weighted by atomic mass is 10.1. The first-order chi connectivity index (χ1) is 6.90. The molecule has 0 spiro atoms. The zero-order valence-corrected chi connectivity index (χ0v) is 10.2. The monoisotopic (exact) mass is 215 g/mol. The van der Waals surface area contributed by atoms with Gasteiger partial charge in [-0.05, 0) is 7.05 Å². The fraction of sp³-hybridized carbons (Fsp3) is 0.800. The van der Waals surface area contributed by atoms with E-state index in [2.05, 4.69) is 5.32 Å². The molecule has 0 saturated heterocycles. The van der Waals surface area contributed by atoms with E-state index in [0.29, 0.717) is 6.54 Å². The summed E-state index contributed by atoms with van der Waals surface area (Å²) in [6.07, 6.45) is 0. The molecule has 0 aromatic heterocycles. The Kier molecular flexibility index (Phi) is 5.93. The van der Waals surface area contributed by atoms with E-state index < -0.39 is 0 Å². The molecule has 1 N–H and O–H groups in total. The third-order valence-electron chi connectivity index (χ3n) is 2.18. The van der Waals surface area contributed by atoms with Crippen LogP contribution in [0.25, 0.3) is 0 Å². The van der Waals surface area contributed by atoms with Crippen molar-refractivity contribution in [3.8, 4) is 0 Å². The number of rotatable bonds is 5. The number of nitrogens with one attached hydrogen (secondary N) is 1. The van der Waals surface area contributed by atoms with Gasteiger partial charge in [0, 0.05) is 33.6 Å². The molecular weight excluding hydrogens is 194 g/mol. The first-order valence-corrected chi connectivity index (χ1v) is 4.99. The van der Waals surface area contributed by atoms with Crippen LogP contribution in [0.15, 0.2) is 0 Å². The van der Waals surface area contributed by atoms with Gasteiger partial charge in [0.25, 0.3) is 0 Å². The smallest absolute Gasteiger partial charge is 0.241 e. The highest BCUT2D eigenvalue weighted by atomic mass is 16.2. The van der Waals surface area contributed by atoms with Crippen molar-refractivity contribution in [3.05, 3.63) is 0 Å². The molecule has 88 valence electrons. The zero-order chi connectivity index (χ0) is 12.0. The number of amides is 2. The van der Waals surface area contributed by atoms with Crippen LogP contribution >= 0.6 is 0 Å². The molecule has 5 heteroatoms. The van der Waals surface area contributed by atoms with Crippen molar-refractivity contribution < 1.29 is 9.59 Å². The molecule has 0 aliphatic rings. The number of carbonyl (C=O) groups is 2. The molecule has 0 rings (SSSR count). The Labute approximate surface area is 91.4 Å². The maximum atomic E-state index is 11.7. The summed E-state index contributed by atoms with van der Waals surface area (Å²) < 4.78 is 0. The molecule has 0 radical (unpaired) electrons. The van der Waals surface area contributed by atoms with Gasteiger partial charge in [0.1, 0.15) is 0 Å². The Morgan fingerprint density at radius 3 is 2.20 bits per heavy atom. The molecule has 0 fully saturated rings. The SMILES string of the molecule is CNCC(C)C(=O)N(C)CC(=O)N(C)C. The number of hydrogen-bond donors (Lipinski definition) is 1. The number of carbonyl (C=O) groups excluding carboxylic acids is 2. The highest BCUT2D eigenvalue weighted by Crippen LogP contribution is 1.99. The lowest BCUT2D eigenvalue weighted by Crippen LogP contribution is -2.41. The van der Waals surface area contributed by atoms with Crippen LogP contribution in [-0.2, 0) is 9.59 Å². The van der Waals surface area contributed by atoms with Crippen molar-refractivity contribution in [2.45, 2.75) is 6.92 Å². The molecule has 0 saturated carbocycles.